The third-order valence-electron chi connectivity index (χ3n) is 1.87. The number of nitrogens with one attached hydrogen (secondary N) is 1. The van der Waals surface area contributed by atoms with Crippen LogP contribution in [0.2, 0.25) is 0 Å². The normalized spacial score (nSPS) is 10.6. The lowest BCUT2D eigenvalue weighted by Gasteiger charge is -2.06. The second kappa shape index (κ2) is 4.80. The van der Waals surface area contributed by atoms with Crippen molar-refractivity contribution in [1.29, 1.82) is 5.26 Å². The van der Waals surface area contributed by atoms with Crippen LogP contribution >= 0.6 is 0 Å². The maximum atomic E-state index is 11.3. The van der Waals surface area contributed by atoms with Gasteiger partial charge in [0.1, 0.15) is 5.69 Å². The van der Waals surface area contributed by atoms with Gasteiger partial charge in [0.2, 0.25) is 10.0 Å². The van der Waals surface area contributed by atoms with Crippen LogP contribution in [0.15, 0.2) is 18.2 Å². The van der Waals surface area contributed by atoms with E-state index < -0.39 is 20.7 Å². The lowest BCUT2D eigenvalue weighted by atomic mass is 10.2. The number of hydrogen-bond acceptors (Lipinski definition) is 5. The molecule has 0 spiro atoms. The number of sulfonamides is 1. The Labute approximate surface area is 97.9 Å². The maximum Gasteiger partial charge on any atom is 0.293 e. The fourth-order valence-electron chi connectivity index (χ4n) is 1.17. The molecule has 0 aliphatic rings. The molecular formula is C9H9N3O4S. The van der Waals surface area contributed by atoms with Crippen LogP contribution in [0.3, 0.4) is 0 Å². The maximum absolute atomic E-state index is 11.3. The summed E-state index contributed by atoms with van der Waals surface area (Å²) in [5.74, 6) is -0.752. The van der Waals surface area contributed by atoms with E-state index in [1.54, 1.807) is 6.92 Å². The van der Waals surface area contributed by atoms with Gasteiger partial charge in [-0.05, 0) is 18.6 Å². The van der Waals surface area contributed by atoms with E-state index in [1.165, 1.54) is 24.3 Å². The van der Waals surface area contributed by atoms with Crippen LogP contribution < -0.4 is 4.72 Å². The van der Waals surface area contributed by atoms with Gasteiger partial charge in [-0.15, -0.1) is 0 Å². The van der Waals surface area contributed by atoms with Gasteiger partial charge in [0.25, 0.3) is 5.69 Å². The zero-order valence-electron chi connectivity index (χ0n) is 8.87. The Kier molecular flexibility index (Phi) is 3.65. The number of aryl methyl sites for hydroxylation is 1. The molecule has 1 aromatic carbocycles. The number of benzene rings is 1. The van der Waals surface area contributed by atoms with Gasteiger partial charge in [0, 0.05) is 6.07 Å². The van der Waals surface area contributed by atoms with Crippen LogP contribution in [0.25, 0.3) is 0 Å². The van der Waals surface area contributed by atoms with E-state index in [2.05, 4.69) is 0 Å². The van der Waals surface area contributed by atoms with E-state index in [0.717, 1.165) is 0 Å². The molecule has 0 radical (unpaired) electrons. The van der Waals surface area contributed by atoms with Crippen molar-refractivity contribution in [3.63, 3.8) is 0 Å². The van der Waals surface area contributed by atoms with Crippen LogP contribution in [-0.2, 0) is 10.0 Å². The van der Waals surface area contributed by atoms with E-state index in [1.807, 2.05) is 4.72 Å². The molecule has 0 bridgehead atoms. The molecule has 90 valence electrons. The van der Waals surface area contributed by atoms with Gasteiger partial charge in [-0.3, -0.25) is 14.8 Å². The van der Waals surface area contributed by atoms with Crippen molar-refractivity contribution in [3.8, 4) is 6.07 Å². The summed E-state index contributed by atoms with van der Waals surface area (Å²) in [5.41, 5.74) is 0.155. The summed E-state index contributed by atoms with van der Waals surface area (Å²) in [6.45, 7) is 1.65. The van der Waals surface area contributed by atoms with Crippen molar-refractivity contribution in [2.75, 3.05) is 10.5 Å². The molecule has 0 aromatic heterocycles. The monoisotopic (exact) mass is 255 g/mol. The SMILES string of the molecule is Cc1ccc(NS(=O)(=O)CC#N)c([N+](=O)[O-])c1. The summed E-state index contributed by atoms with van der Waals surface area (Å²) in [5, 5.41) is 19.0. The van der Waals surface area contributed by atoms with Crippen molar-refractivity contribution >= 4 is 21.4 Å². The van der Waals surface area contributed by atoms with E-state index in [4.69, 9.17) is 5.26 Å². The van der Waals surface area contributed by atoms with Crippen molar-refractivity contribution in [3.05, 3.63) is 33.9 Å². The number of nitro groups is 1. The Morgan fingerprint density at radius 1 is 1.53 bits per heavy atom. The Hall–Kier alpha value is -2.14. The predicted molar refractivity (Wildman–Crippen MR) is 60.9 cm³/mol. The van der Waals surface area contributed by atoms with E-state index in [9.17, 15) is 18.5 Å². The lowest BCUT2D eigenvalue weighted by molar-refractivity contribution is -0.383. The van der Waals surface area contributed by atoms with Gasteiger partial charge >= 0.3 is 0 Å². The summed E-state index contributed by atoms with van der Waals surface area (Å²) < 4.78 is 24.6. The zero-order valence-corrected chi connectivity index (χ0v) is 9.69. The third kappa shape index (κ3) is 3.42. The van der Waals surface area contributed by atoms with Gasteiger partial charge in [0.05, 0.1) is 11.0 Å². The highest BCUT2D eigenvalue weighted by Gasteiger charge is 2.18. The first kappa shape index (κ1) is 12.9. The molecule has 0 fully saturated rings. The van der Waals surface area contributed by atoms with E-state index >= 15 is 0 Å². The van der Waals surface area contributed by atoms with E-state index in [-0.39, 0.29) is 11.4 Å². The first-order valence-electron chi connectivity index (χ1n) is 4.48. The molecule has 1 rings (SSSR count). The molecular weight excluding hydrogens is 246 g/mol. The number of nitro benzene ring substituents is 1. The highest BCUT2D eigenvalue weighted by molar-refractivity contribution is 7.92. The van der Waals surface area contributed by atoms with Gasteiger partial charge in [-0.1, -0.05) is 6.07 Å². The third-order valence-corrected chi connectivity index (χ3v) is 2.91. The molecule has 0 saturated heterocycles. The van der Waals surface area contributed by atoms with Crippen LogP contribution in [-0.4, -0.2) is 19.1 Å². The largest absolute Gasteiger partial charge is 0.293 e. The quantitative estimate of drug-likeness (QED) is 0.640. The fraction of sp³-hybridized carbons (Fsp3) is 0.222. The molecule has 8 heteroatoms. The smallest absolute Gasteiger partial charge is 0.276 e. The van der Waals surface area contributed by atoms with Crippen LogP contribution in [0.4, 0.5) is 11.4 Å². The first-order valence-corrected chi connectivity index (χ1v) is 6.13. The zero-order chi connectivity index (χ0) is 13.1. The molecule has 0 atom stereocenters. The summed E-state index contributed by atoms with van der Waals surface area (Å²) in [6.07, 6.45) is 0. The lowest BCUT2D eigenvalue weighted by Crippen LogP contribution is -2.16. The summed E-state index contributed by atoms with van der Waals surface area (Å²) in [4.78, 5) is 10.0. The molecule has 7 nitrogen and oxygen atoms in total. The number of hydrogen-bond donors (Lipinski definition) is 1. The summed E-state index contributed by atoms with van der Waals surface area (Å²) >= 11 is 0. The highest BCUT2D eigenvalue weighted by atomic mass is 32.2. The molecule has 0 unspecified atom stereocenters. The van der Waals surface area contributed by atoms with Crippen molar-refractivity contribution < 1.29 is 13.3 Å². The second-order valence-electron chi connectivity index (χ2n) is 3.30. The molecule has 1 aromatic rings. The van der Waals surface area contributed by atoms with E-state index in [0.29, 0.717) is 5.56 Å². The van der Waals surface area contributed by atoms with Crippen molar-refractivity contribution in [1.82, 2.24) is 0 Å². The van der Waals surface area contributed by atoms with Gasteiger partial charge < -0.3 is 0 Å². The Morgan fingerprint density at radius 3 is 2.71 bits per heavy atom. The standard InChI is InChI=1S/C9H9N3O4S/c1-7-2-3-8(9(6-7)12(13)14)11-17(15,16)5-4-10/h2-3,6,11H,5H2,1H3. The Morgan fingerprint density at radius 2 is 2.18 bits per heavy atom. The molecule has 0 aliphatic carbocycles. The molecule has 0 heterocycles. The fourth-order valence-corrected chi connectivity index (χ4v) is 1.92. The number of rotatable bonds is 4. The molecule has 17 heavy (non-hydrogen) atoms. The number of anilines is 1. The number of nitriles is 1. The Bertz CT molecular complexity index is 589. The van der Waals surface area contributed by atoms with Crippen LogP contribution in [0.1, 0.15) is 5.56 Å². The van der Waals surface area contributed by atoms with Crippen molar-refractivity contribution in [2.24, 2.45) is 0 Å². The number of nitrogens with zero attached hydrogens (tertiary/aromatic N) is 2. The Balaban J connectivity index is 3.16. The van der Waals surface area contributed by atoms with Gasteiger partial charge in [0.15, 0.2) is 5.75 Å². The molecule has 0 aliphatic heterocycles. The first-order chi connectivity index (χ1) is 7.85. The minimum Gasteiger partial charge on any atom is -0.276 e. The molecule has 1 N–H and O–H groups in total. The van der Waals surface area contributed by atoms with Gasteiger partial charge in [-0.2, -0.15) is 5.26 Å². The minimum atomic E-state index is -3.87. The highest BCUT2D eigenvalue weighted by Crippen LogP contribution is 2.26. The predicted octanol–water partition coefficient (Wildman–Crippen LogP) is 1.17. The van der Waals surface area contributed by atoms with Crippen LogP contribution in [0, 0.1) is 28.4 Å². The molecule has 0 amide bonds. The minimum absolute atomic E-state index is 0.143. The summed E-state index contributed by atoms with van der Waals surface area (Å²) in [6, 6.07) is 5.56. The molecule has 0 saturated carbocycles. The van der Waals surface area contributed by atoms with Crippen LogP contribution in [0.5, 0.6) is 0 Å². The van der Waals surface area contributed by atoms with Gasteiger partial charge in [-0.25, -0.2) is 8.42 Å². The average molecular weight is 255 g/mol. The average Bonchev–Trinajstić information content (AvgIpc) is 2.20. The topological polar surface area (TPSA) is 113 Å². The van der Waals surface area contributed by atoms with Crippen molar-refractivity contribution in [2.45, 2.75) is 6.92 Å². The summed E-state index contributed by atoms with van der Waals surface area (Å²) in [7, 11) is -3.87. The second-order valence-corrected chi connectivity index (χ2v) is 5.02.